The number of benzene rings is 9. The average Bonchev–Trinajstić information content (AvgIpc) is 3.80. The van der Waals surface area contributed by atoms with Crippen molar-refractivity contribution in [2.45, 2.75) is 56.8 Å². The van der Waals surface area contributed by atoms with Crippen LogP contribution in [0.5, 0.6) is 0 Å². The molecule has 9 aromatic rings. The van der Waals surface area contributed by atoms with E-state index in [1.807, 2.05) is 12.1 Å². The zero-order valence-electron chi connectivity index (χ0n) is 39.3. The molecule has 4 saturated carbocycles. The Morgan fingerprint density at radius 3 is 1.52 bits per heavy atom. The Bertz CT molecular complexity index is 3410. The molecule has 2 heteroatoms. The van der Waals surface area contributed by atoms with Crippen LogP contribution in [0.3, 0.4) is 0 Å². The van der Waals surface area contributed by atoms with E-state index in [0.29, 0.717) is 11.8 Å². The average molecular weight is 892 g/mol. The highest BCUT2D eigenvalue weighted by Crippen LogP contribution is 2.71. The summed E-state index contributed by atoms with van der Waals surface area (Å²) in [6.45, 7) is 4.85. The number of halogens is 1. The van der Waals surface area contributed by atoms with Gasteiger partial charge in [0.15, 0.2) is 0 Å². The summed E-state index contributed by atoms with van der Waals surface area (Å²) in [5.74, 6) is 2.57. The summed E-state index contributed by atoms with van der Waals surface area (Å²) in [6.07, 6.45) is 6.56. The van der Waals surface area contributed by atoms with E-state index in [1.165, 1.54) is 110 Å². The monoisotopic (exact) mass is 891 g/mol. The van der Waals surface area contributed by atoms with E-state index < -0.39 is 0 Å². The lowest BCUT2D eigenvalue weighted by Crippen LogP contribution is -2.55. The standard InChI is InChI=1S/C67H54FN/c1-66(2)61-40-48(24-29-57(61)58-30-27-55(41-62(58)66)69(53-17-8-4-9-18-53)54-19-10-5-11-20-54)56-31-32-60-59-28-23-47(45-21-25-52(68)26-22-45)39-63(59)67(50-34-42-33-43(36-50)37-51(67)35-42)65(60)64(56)49-16-12-15-46(38-49)44-13-6-3-7-14-44/h3-32,38-43,50-51H,33-37H2,1-2H3. The number of fused-ring (bicyclic) bond motifs is 6. The molecule has 1 nitrogen and oxygen atoms in total. The lowest BCUT2D eigenvalue weighted by molar-refractivity contribution is -0.0396. The van der Waals surface area contributed by atoms with Gasteiger partial charge in [0.2, 0.25) is 0 Å². The van der Waals surface area contributed by atoms with Crippen LogP contribution in [-0.2, 0) is 10.8 Å². The van der Waals surface area contributed by atoms with Crippen LogP contribution in [0.15, 0.2) is 206 Å². The Morgan fingerprint density at radius 2 is 0.855 bits per heavy atom. The van der Waals surface area contributed by atoms with Crippen molar-refractivity contribution in [2.75, 3.05) is 4.90 Å². The van der Waals surface area contributed by atoms with Crippen molar-refractivity contribution >= 4 is 17.1 Å². The first-order valence-corrected chi connectivity index (χ1v) is 25.3. The van der Waals surface area contributed by atoms with Crippen molar-refractivity contribution in [2.24, 2.45) is 23.7 Å². The molecular formula is C67H54FN. The maximum atomic E-state index is 14.3. The molecule has 0 atom stereocenters. The van der Waals surface area contributed by atoms with Gasteiger partial charge in [0.05, 0.1) is 0 Å². The molecule has 69 heavy (non-hydrogen) atoms. The topological polar surface area (TPSA) is 3.24 Å². The first kappa shape index (κ1) is 40.7. The van der Waals surface area contributed by atoms with Crippen LogP contribution >= 0.6 is 0 Å². The minimum Gasteiger partial charge on any atom is -0.310 e. The largest absolute Gasteiger partial charge is 0.310 e. The number of hydrogen-bond acceptors (Lipinski definition) is 1. The summed E-state index contributed by atoms with van der Waals surface area (Å²) in [4.78, 5) is 2.38. The van der Waals surface area contributed by atoms with Crippen LogP contribution in [0, 0.1) is 29.5 Å². The number of hydrogen-bond donors (Lipinski definition) is 0. The molecule has 0 N–H and O–H groups in total. The van der Waals surface area contributed by atoms with Crippen molar-refractivity contribution in [3.05, 3.63) is 234 Å². The summed E-state index contributed by atoms with van der Waals surface area (Å²) in [5.41, 5.74) is 24.3. The lowest BCUT2D eigenvalue weighted by Gasteiger charge is -2.61. The van der Waals surface area contributed by atoms with E-state index in [-0.39, 0.29) is 16.6 Å². The zero-order valence-corrected chi connectivity index (χ0v) is 39.3. The number of para-hydroxylation sites is 2. The Labute approximate surface area is 406 Å². The van der Waals surface area contributed by atoms with Crippen LogP contribution < -0.4 is 4.90 Å². The molecule has 0 aliphatic heterocycles. The number of rotatable bonds is 7. The van der Waals surface area contributed by atoms with Gasteiger partial charge in [-0.2, -0.15) is 0 Å². The Morgan fingerprint density at radius 1 is 0.377 bits per heavy atom. The van der Waals surface area contributed by atoms with Gasteiger partial charge in [-0.05, 0) is 212 Å². The van der Waals surface area contributed by atoms with E-state index in [0.717, 1.165) is 34.5 Å². The highest BCUT2D eigenvalue weighted by molar-refractivity contribution is 5.99. The summed E-state index contributed by atoms with van der Waals surface area (Å²) < 4.78 is 14.3. The van der Waals surface area contributed by atoms with Gasteiger partial charge >= 0.3 is 0 Å². The van der Waals surface area contributed by atoms with E-state index in [9.17, 15) is 4.39 Å². The second kappa shape index (κ2) is 15.4. The van der Waals surface area contributed by atoms with Gasteiger partial charge in [0.25, 0.3) is 0 Å². The first-order chi connectivity index (χ1) is 33.8. The molecule has 0 aromatic heterocycles. The van der Waals surface area contributed by atoms with Gasteiger partial charge < -0.3 is 4.90 Å². The molecule has 0 radical (unpaired) electrons. The van der Waals surface area contributed by atoms with Crippen molar-refractivity contribution < 1.29 is 4.39 Å². The second-order valence-corrected chi connectivity index (χ2v) is 21.4. The third-order valence-electron chi connectivity index (χ3n) is 17.5. The van der Waals surface area contributed by atoms with Crippen molar-refractivity contribution in [3.63, 3.8) is 0 Å². The molecule has 334 valence electrons. The molecule has 6 aliphatic carbocycles. The molecule has 9 aromatic carbocycles. The summed E-state index contributed by atoms with van der Waals surface area (Å²) >= 11 is 0. The fraction of sp³-hybridized carbons (Fsp3) is 0.194. The summed E-state index contributed by atoms with van der Waals surface area (Å²) in [7, 11) is 0. The smallest absolute Gasteiger partial charge is 0.123 e. The molecule has 0 amide bonds. The maximum absolute atomic E-state index is 14.3. The van der Waals surface area contributed by atoms with Crippen molar-refractivity contribution in [1.82, 2.24) is 0 Å². The molecule has 6 aliphatic rings. The maximum Gasteiger partial charge on any atom is 0.123 e. The number of nitrogens with zero attached hydrogens (tertiary/aromatic N) is 1. The van der Waals surface area contributed by atoms with Gasteiger partial charge in [-0.3, -0.25) is 0 Å². The fourth-order valence-electron chi connectivity index (χ4n) is 14.8. The van der Waals surface area contributed by atoms with Gasteiger partial charge in [-0.25, -0.2) is 4.39 Å². The predicted molar refractivity (Wildman–Crippen MR) is 284 cm³/mol. The molecular weight excluding hydrogens is 838 g/mol. The highest BCUT2D eigenvalue weighted by atomic mass is 19.1. The second-order valence-electron chi connectivity index (χ2n) is 21.4. The minimum atomic E-state index is -0.241. The lowest BCUT2D eigenvalue weighted by atomic mass is 9.42. The van der Waals surface area contributed by atoms with Gasteiger partial charge in [0, 0.05) is 27.9 Å². The molecule has 0 saturated heterocycles. The van der Waals surface area contributed by atoms with Crippen LogP contribution in [-0.4, -0.2) is 0 Å². The first-order valence-electron chi connectivity index (χ1n) is 25.3. The zero-order chi connectivity index (χ0) is 46.0. The molecule has 4 bridgehead atoms. The van der Waals surface area contributed by atoms with Gasteiger partial charge in [-0.15, -0.1) is 0 Å². The van der Waals surface area contributed by atoms with E-state index in [1.54, 1.807) is 17.7 Å². The van der Waals surface area contributed by atoms with Crippen molar-refractivity contribution in [3.8, 4) is 66.8 Å². The Balaban J connectivity index is 0.973. The summed E-state index contributed by atoms with van der Waals surface area (Å²) in [5, 5.41) is 0. The van der Waals surface area contributed by atoms with E-state index >= 15 is 0 Å². The Kier molecular flexibility index (Phi) is 9.07. The molecule has 0 heterocycles. The van der Waals surface area contributed by atoms with Gasteiger partial charge in [-0.1, -0.05) is 153 Å². The minimum absolute atomic E-state index is 0.117. The molecule has 0 unspecified atom stereocenters. The van der Waals surface area contributed by atoms with Crippen molar-refractivity contribution in [1.29, 1.82) is 0 Å². The highest BCUT2D eigenvalue weighted by Gasteiger charge is 2.62. The van der Waals surface area contributed by atoms with Crippen LogP contribution in [0.4, 0.5) is 21.5 Å². The molecule has 1 spiro atoms. The van der Waals surface area contributed by atoms with Crippen LogP contribution in [0.2, 0.25) is 0 Å². The molecule has 4 fully saturated rings. The van der Waals surface area contributed by atoms with Crippen LogP contribution in [0.25, 0.3) is 66.8 Å². The fourth-order valence-corrected chi connectivity index (χ4v) is 14.8. The van der Waals surface area contributed by atoms with E-state index in [4.69, 9.17) is 0 Å². The third-order valence-corrected chi connectivity index (χ3v) is 17.5. The van der Waals surface area contributed by atoms with Gasteiger partial charge in [0.1, 0.15) is 5.82 Å². The molecule has 15 rings (SSSR count). The quantitative estimate of drug-likeness (QED) is 0.154. The van der Waals surface area contributed by atoms with E-state index in [2.05, 4.69) is 201 Å². The third kappa shape index (κ3) is 6.13. The predicted octanol–water partition coefficient (Wildman–Crippen LogP) is 18.0. The number of anilines is 3. The summed E-state index contributed by atoms with van der Waals surface area (Å²) in [6, 6.07) is 75.6. The SMILES string of the molecule is CC1(C)c2cc(-c3ccc4c(c3-c3cccc(-c5ccccc5)c3)C3(c5cc(-c6ccc(F)cc6)ccc5-4)C4CC5CC(C4)CC3C5)ccc2-c2ccc(N(c3ccccc3)c3ccccc3)cc21. The van der Waals surface area contributed by atoms with Crippen LogP contribution in [0.1, 0.15) is 68.2 Å². The normalized spacial score (nSPS) is 21.7. The Hall–Kier alpha value is -7.29.